The van der Waals surface area contributed by atoms with Crippen LogP contribution in [0.5, 0.6) is 0 Å². The Balaban J connectivity index is 2.41. The fourth-order valence-corrected chi connectivity index (χ4v) is 8.88. The fourth-order valence-electron chi connectivity index (χ4n) is 8.88. The van der Waals surface area contributed by atoms with Gasteiger partial charge in [-0.05, 0) is 12.8 Å². The number of ether oxygens (including phenoxy) is 3. The van der Waals surface area contributed by atoms with E-state index in [1.54, 1.807) is 0 Å². The molecule has 0 aliphatic carbocycles. The lowest BCUT2D eigenvalue weighted by Gasteiger charge is -2.40. The van der Waals surface area contributed by atoms with Crippen molar-refractivity contribution in [3.05, 3.63) is 0 Å². The van der Waals surface area contributed by atoms with E-state index < -0.39 is 61.7 Å². The molecule has 1 rings (SSSR count). The predicted molar refractivity (Wildman–Crippen MR) is 264 cm³/mol. The molecule has 6 N–H and O–H groups in total. The highest BCUT2D eigenvalue weighted by atomic mass is 16.7. The van der Waals surface area contributed by atoms with Crippen LogP contribution in [0.2, 0.25) is 0 Å². The highest BCUT2D eigenvalue weighted by molar-refractivity contribution is 5.76. The second-order valence-electron chi connectivity index (χ2n) is 19.8. The molecule has 12 nitrogen and oxygen atoms in total. The van der Waals surface area contributed by atoms with Crippen LogP contribution in [0.4, 0.5) is 4.79 Å². The number of amides is 2. The Morgan fingerprint density at radius 3 is 1.29 bits per heavy atom. The van der Waals surface area contributed by atoms with Crippen molar-refractivity contribution in [3.8, 4) is 0 Å². The van der Waals surface area contributed by atoms with Gasteiger partial charge in [-0.3, -0.25) is 4.79 Å². The van der Waals surface area contributed by atoms with Crippen molar-refractivity contribution in [2.75, 3.05) is 27.3 Å². The Labute approximate surface area is 398 Å². The predicted octanol–water partition coefficient (Wildman–Crippen LogP) is 11.2. The molecule has 1 aliphatic heterocycles. The standard InChI is InChI=1S/C53H104N2O10/c1-5-7-9-11-13-15-17-19-20-21-22-23-24-25-26-27-28-29-31-33-35-37-39-41-47(57)54-44(48(58)45(56)40-38-36-34-32-30-18-16-14-12-10-8-6-2)42-63-52-51(61)50(60)49(59)46(65-52)43-64-53(62)55(3)4/h44-46,48-52,56,58-61H,5-43H2,1-4H3,(H,54,57)/t44?,45?,46-,48?,49+,50+,51-,52+/m1/s1. The van der Waals surface area contributed by atoms with Gasteiger partial charge in [0.25, 0.3) is 0 Å². The van der Waals surface area contributed by atoms with Gasteiger partial charge in [0.2, 0.25) is 5.91 Å². The van der Waals surface area contributed by atoms with E-state index >= 15 is 0 Å². The zero-order chi connectivity index (χ0) is 47.8. The Hall–Kier alpha value is -1.54. The molecule has 8 atom stereocenters. The van der Waals surface area contributed by atoms with E-state index in [1.165, 1.54) is 192 Å². The lowest BCUT2D eigenvalue weighted by atomic mass is 9.98. The zero-order valence-corrected chi connectivity index (χ0v) is 42.4. The number of aliphatic hydroxyl groups is 5. The van der Waals surface area contributed by atoms with Crippen molar-refractivity contribution in [1.29, 1.82) is 0 Å². The number of carbonyl (C=O) groups excluding carboxylic acids is 2. The third-order valence-corrected chi connectivity index (χ3v) is 13.4. The lowest BCUT2D eigenvalue weighted by molar-refractivity contribution is -0.303. The van der Waals surface area contributed by atoms with E-state index in [-0.39, 0.29) is 18.9 Å². The summed E-state index contributed by atoms with van der Waals surface area (Å²) in [5, 5.41) is 56.9. The minimum Gasteiger partial charge on any atom is -0.447 e. The summed E-state index contributed by atoms with van der Waals surface area (Å²) < 4.78 is 16.7. The van der Waals surface area contributed by atoms with Gasteiger partial charge in [-0.25, -0.2) is 4.79 Å². The zero-order valence-electron chi connectivity index (χ0n) is 42.4. The van der Waals surface area contributed by atoms with Gasteiger partial charge >= 0.3 is 6.09 Å². The van der Waals surface area contributed by atoms with Gasteiger partial charge in [-0.15, -0.1) is 0 Å². The van der Waals surface area contributed by atoms with Crippen molar-refractivity contribution in [2.45, 2.75) is 300 Å². The molecule has 0 radical (unpaired) electrons. The third kappa shape index (κ3) is 32.8. The minimum atomic E-state index is -1.66. The van der Waals surface area contributed by atoms with Gasteiger partial charge in [0.05, 0.1) is 18.8 Å². The maximum absolute atomic E-state index is 13.2. The summed E-state index contributed by atoms with van der Waals surface area (Å²) in [5.74, 6) is -0.271. The van der Waals surface area contributed by atoms with Crippen LogP contribution >= 0.6 is 0 Å². The summed E-state index contributed by atoms with van der Waals surface area (Å²) in [6.45, 7) is 3.78. The molecule has 0 aromatic heterocycles. The van der Waals surface area contributed by atoms with E-state index in [4.69, 9.17) is 14.2 Å². The van der Waals surface area contributed by atoms with Gasteiger partial charge in [0.15, 0.2) is 6.29 Å². The van der Waals surface area contributed by atoms with E-state index in [2.05, 4.69) is 19.2 Å². The van der Waals surface area contributed by atoms with E-state index in [9.17, 15) is 35.1 Å². The highest BCUT2D eigenvalue weighted by Crippen LogP contribution is 2.24. The largest absolute Gasteiger partial charge is 0.447 e. The molecule has 1 heterocycles. The molecule has 0 aromatic carbocycles. The quantitative estimate of drug-likeness (QED) is 0.0322. The SMILES string of the molecule is CCCCCCCCCCCCCCCCCCCCCCCCCC(=O)NC(CO[C@H]1O[C@H](COC(=O)N(C)C)[C@H](O)[C@H](O)[C@H]1O)C(O)C(O)CCCCCCCCCCCCCC. The highest BCUT2D eigenvalue weighted by Gasteiger charge is 2.45. The Bertz CT molecular complexity index is 1090. The molecule has 0 aromatic rings. The van der Waals surface area contributed by atoms with Crippen molar-refractivity contribution >= 4 is 12.0 Å². The summed E-state index contributed by atoms with van der Waals surface area (Å²) >= 11 is 0. The molecule has 0 bridgehead atoms. The van der Waals surface area contributed by atoms with Gasteiger partial charge in [-0.2, -0.15) is 0 Å². The molecule has 386 valence electrons. The van der Waals surface area contributed by atoms with Crippen molar-refractivity contribution in [2.24, 2.45) is 0 Å². The maximum atomic E-state index is 13.2. The first-order valence-corrected chi connectivity index (χ1v) is 27.3. The average Bonchev–Trinajstić information content (AvgIpc) is 3.29. The van der Waals surface area contributed by atoms with Crippen LogP contribution in [0.3, 0.4) is 0 Å². The average molecular weight is 929 g/mol. The molecule has 12 heteroatoms. The molecular formula is C53H104N2O10. The second kappa shape index (κ2) is 42.6. The number of hydrogen-bond donors (Lipinski definition) is 6. The molecule has 1 saturated heterocycles. The van der Waals surface area contributed by atoms with Crippen LogP contribution < -0.4 is 5.32 Å². The van der Waals surface area contributed by atoms with Gasteiger partial charge in [0, 0.05) is 20.5 Å². The Kier molecular flexibility index (Phi) is 40.2. The number of nitrogens with zero attached hydrogens (tertiary/aromatic N) is 1. The van der Waals surface area contributed by atoms with Crippen LogP contribution in [0.1, 0.15) is 251 Å². The summed E-state index contributed by atoms with van der Waals surface area (Å²) in [6.07, 6.45) is 34.1. The van der Waals surface area contributed by atoms with Crippen molar-refractivity contribution < 1.29 is 49.3 Å². The van der Waals surface area contributed by atoms with Crippen LogP contribution in [-0.2, 0) is 19.0 Å². The number of nitrogens with one attached hydrogen (secondary N) is 1. The van der Waals surface area contributed by atoms with Crippen LogP contribution in [0.15, 0.2) is 0 Å². The molecule has 1 fully saturated rings. The third-order valence-electron chi connectivity index (χ3n) is 13.4. The van der Waals surface area contributed by atoms with E-state index in [1.807, 2.05) is 0 Å². The second-order valence-corrected chi connectivity index (χ2v) is 19.8. The lowest BCUT2D eigenvalue weighted by Crippen LogP contribution is -2.60. The van der Waals surface area contributed by atoms with Crippen LogP contribution in [0.25, 0.3) is 0 Å². The molecule has 3 unspecified atom stereocenters. The number of carbonyl (C=O) groups is 2. The Morgan fingerprint density at radius 2 is 0.908 bits per heavy atom. The first kappa shape index (κ1) is 61.5. The summed E-state index contributed by atoms with van der Waals surface area (Å²) in [5.41, 5.74) is 0. The van der Waals surface area contributed by atoms with Crippen molar-refractivity contribution in [1.82, 2.24) is 10.2 Å². The van der Waals surface area contributed by atoms with E-state index in [0.717, 1.165) is 44.9 Å². The number of aliphatic hydroxyl groups excluding tert-OH is 5. The Morgan fingerprint density at radius 1 is 0.538 bits per heavy atom. The van der Waals surface area contributed by atoms with Crippen molar-refractivity contribution in [3.63, 3.8) is 0 Å². The maximum Gasteiger partial charge on any atom is 0.409 e. The normalized spacial score (nSPS) is 20.1. The van der Waals surface area contributed by atoms with Gasteiger partial charge in [-0.1, -0.05) is 232 Å². The minimum absolute atomic E-state index is 0.268. The summed E-state index contributed by atoms with van der Waals surface area (Å²) in [7, 11) is 3.00. The smallest absolute Gasteiger partial charge is 0.409 e. The first-order valence-electron chi connectivity index (χ1n) is 27.3. The van der Waals surface area contributed by atoms with Gasteiger partial charge in [0.1, 0.15) is 37.1 Å². The molecule has 1 aliphatic rings. The summed E-state index contributed by atoms with van der Waals surface area (Å²) in [4.78, 5) is 26.3. The molecule has 0 spiro atoms. The topological polar surface area (TPSA) is 178 Å². The molecule has 65 heavy (non-hydrogen) atoms. The fraction of sp³-hybridized carbons (Fsp3) is 0.962. The molecule has 2 amide bonds. The molecular weight excluding hydrogens is 825 g/mol. The number of rotatable bonds is 45. The summed E-state index contributed by atoms with van der Waals surface area (Å²) in [6, 6.07) is -1.02. The monoisotopic (exact) mass is 929 g/mol. The first-order chi connectivity index (χ1) is 31.5. The van der Waals surface area contributed by atoms with Crippen LogP contribution in [0, 0.1) is 0 Å². The number of unbranched alkanes of at least 4 members (excludes halogenated alkanes) is 33. The van der Waals surface area contributed by atoms with E-state index in [0.29, 0.717) is 12.8 Å². The van der Waals surface area contributed by atoms with Crippen LogP contribution in [-0.4, -0.2) is 119 Å². The van der Waals surface area contributed by atoms with Gasteiger partial charge < -0.3 is 50.0 Å². The number of hydrogen-bond acceptors (Lipinski definition) is 10. The molecule has 0 saturated carbocycles.